The van der Waals surface area contributed by atoms with Crippen molar-refractivity contribution in [2.45, 2.75) is 18.8 Å². The second-order valence-corrected chi connectivity index (χ2v) is 6.52. The highest BCUT2D eigenvalue weighted by Crippen LogP contribution is 2.36. The van der Waals surface area contributed by atoms with Crippen LogP contribution < -0.4 is 10.1 Å². The highest BCUT2D eigenvalue weighted by atomic mass is 32.1. The molecule has 4 nitrogen and oxygen atoms in total. The lowest BCUT2D eigenvalue weighted by Crippen LogP contribution is -2.21. The fraction of sp³-hybridized carbons (Fsp3) is 0.278. The number of carbonyl (C=O) groups excluding carboxylic acids is 1. The molecule has 0 fully saturated rings. The number of amides is 1. The molecule has 1 atom stereocenters. The number of thiophene rings is 1. The van der Waals surface area contributed by atoms with Crippen molar-refractivity contribution >= 4 is 28.1 Å². The van der Waals surface area contributed by atoms with Gasteiger partial charge in [0.1, 0.15) is 5.75 Å². The summed E-state index contributed by atoms with van der Waals surface area (Å²) in [6.45, 7) is 0. The number of benzene rings is 1. The lowest BCUT2D eigenvalue weighted by atomic mass is 9.91. The molecule has 120 valence electrons. The number of nitrogens with one attached hydrogen (secondary N) is 2. The van der Waals surface area contributed by atoms with Gasteiger partial charge in [-0.25, -0.2) is 0 Å². The van der Waals surface area contributed by atoms with Gasteiger partial charge in [0.2, 0.25) is 5.91 Å². The first-order valence-corrected chi connectivity index (χ1v) is 8.47. The lowest BCUT2D eigenvalue weighted by molar-refractivity contribution is -0.120. The monoisotopic (exact) mass is 328 g/mol. The molecule has 2 aromatic heterocycles. The zero-order chi connectivity index (χ0) is 16.2. The van der Waals surface area contributed by atoms with Crippen LogP contribution in [0.3, 0.4) is 0 Å². The summed E-state index contributed by atoms with van der Waals surface area (Å²) in [5, 5.41) is 5.88. The highest BCUT2D eigenvalue weighted by Gasteiger charge is 2.21. The smallest absolute Gasteiger partial charge is 0.220 e. The Labute approximate surface area is 139 Å². The summed E-state index contributed by atoms with van der Waals surface area (Å²) in [5.74, 6) is 1.00. The number of rotatable bonds is 6. The Morgan fingerprint density at radius 2 is 2.22 bits per heavy atom. The van der Waals surface area contributed by atoms with Crippen LogP contribution in [-0.4, -0.2) is 25.0 Å². The van der Waals surface area contributed by atoms with Crippen LogP contribution in [0.5, 0.6) is 5.75 Å². The molecule has 0 saturated carbocycles. The summed E-state index contributed by atoms with van der Waals surface area (Å²) in [5.41, 5.74) is 2.17. The maximum atomic E-state index is 12.0. The zero-order valence-corrected chi connectivity index (χ0v) is 14.1. The first-order valence-electron chi connectivity index (χ1n) is 7.60. The quantitative estimate of drug-likeness (QED) is 0.725. The number of carbonyl (C=O) groups is 1. The summed E-state index contributed by atoms with van der Waals surface area (Å²) in [7, 11) is 3.36. The number of fused-ring (bicyclic) bond motifs is 1. The summed E-state index contributed by atoms with van der Waals surface area (Å²) in [6, 6.07) is 10.1. The largest absolute Gasteiger partial charge is 0.496 e. The molecule has 23 heavy (non-hydrogen) atoms. The Balaban J connectivity index is 2.03. The third kappa shape index (κ3) is 3.24. The SMILES string of the molecule is CNC(=O)C[C@@H](Cc1cccs1)c1c[nH]c2cccc(OC)c12. The van der Waals surface area contributed by atoms with Gasteiger partial charge < -0.3 is 15.0 Å². The van der Waals surface area contributed by atoms with Crippen LogP contribution in [0.25, 0.3) is 10.9 Å². The molecule has 0 aliphatic carbocycles. The van der Waals surface area contributed by atoms with Crippen molar-refractivity contribution in [3.63, 3.8) is 0 Å². The van der Waals surface area contributed by atoms with Gasteiger partial charge in [-0.1, -0.05) is 12.1 Å². The number of ether oxygens (including phenoxy) is 1. The number of H-pyrrole nitrogens is 1. The second kappa shape index (κ2) is 6.87. The number of hydrogen-bond donors (Lipinski definition) is 2. The summed E-state index contributed by atoms with van der Waals surface area (Å²) in [6.07, 6.45) is 3.31. The molecular weight excluding hydrogens is 308 g/mol. The van der Waals surface area contributed by atoms with Crippen molar-refractivity contribution in [1.82, 2.24) is 10.3 Å². The Bertz CT molecular complexity index is 793. The fourth-order valence-electron chi connectivity index (χ4n) is 2.96. The highest BCUT2D eigenvalue weighted by molar-refractivity contribution is 7.09. The fourth-order valence-corrected chi connectivity index (χ4v) is 3.74. The normalized spacial score (nSPS) is 12.3. The average molecular weight is 328 g/mol. The molecule has 0 spiro atoms. The third-order valence-corrected chi connectivity index (χ3v) is 4.99. The average Bonchev–Trinajstić information content (AvgIpc) is 3.22. The second-order valence-electron chi connectivity index (χ2n) is 5.48. The van der Waals surface area contributed by atoms with E-state index in [1.165, 1.54) is 4.88 Å². The molecule has 1 amide bonds. The predicted molar refractivity (Wildman–Crippen MR) is 94.3 cm³/mol. The topological polar surface area (TPSA) is 54.1 Å². The molecule has 0 bridgehead atoms. The molecule has 0 unspecified atom stereocenters. The molecule has 0 aliphatic heterocycles. The van der Waals surface area contributed by atoms with Crippen molar-refractivity contribution in [1.29, 1.82) is 0 Å². The van der Waals surface area contributed by atoms with E-state index in [9.17, 15) is 4.79 Å². The van der Waals surface area contributed by atoms with Gasteiger partial charge in [0.15, 0.2) is 0 Å². The first kappa shape index (κ1) is 15.6. The van der Waals surface area contributed by atoms with Crippen LogP contribution in [0, 0.1) is 0 Å². The standard InChI is InChI=1S/C18H20N2O2S/c1-19-17(21)10-12(9-13-5-4-8-23-13)14-11-20-15-6-3-7-16(22-2)18(14)15/h3-8,11-12,20H,9-10H2,1-2H3,(H,19,21)/t12-/m1/s1. The molecule has 2 heterocycles. The van der Waals surface area contributed by atoms with E-state index in [0.29, 0.717) is 6.42 Å². The van der Waals surface area contributed by atoms with Gasteiger partial charge in [0.25, 0.3) is 0 Å². The summed E-state index contributed by atoms with van der Waals surface area (Å²) in [4.78, 5) is 16.6. The minimum atomic E-state index is 0.0517. The van der Waals surface area contributed by atoms with E-state index in [4.69, 9.17) is 4.74 Å². The van der Waals surface area contributed by atoms with Crippen molar-refractivity contribution in [2.24, 2.45) is 0 Å². The number of hydrogen-bond acceptors (Lipinski definition) is 3. The van der Waals surface area contributed by atoms with Crippen LogP contribution in [0.4, 0.5) is 0 Å². The van der Waals surface area contributed by atoms with Crippen molar-refractivity contribution in [3.8, 4) is 5.75 Å². The van der Waals surface area contributed by atoms with Crippen LogP contribution >= 0.6 is 11.3 Å². The maximum Gasteiger partial charge on any atom is 0.220 e. The molecule has 0 radical (unpaired) electrons. The van der Waals surface area contributed by atoms with Gasteiger partial charge >= 0.3 is 0 Å². The number of aromatic amines is 1. The van der Waals surface area contributed by atoms with E-state index in [1.807, 2.05) is 30.5 Å². The van der Waals surface area contributed by atoms with E-state index >= 15 is 0 Å². The van der Waals surface area contributed by atoms with Gasteiger partial charge in [0, 0.05) is 35.4 Å². The van der Waals surface area contributed by atoms with Gasteiger partial charge in [0.05, 0.1) is 7.11 Å². The molecule has 5 heteroatoms. The predicted octanol–water partition coefficient (Wildman–Crippen LogP) is 3.70. The van der Waals surface area contributed by atoms with Crippen LogP contribution in [0.2, 0.25) is 0 Å². The Morgan fingerprint density at radius 1 is 1.35 bits per heavy atom. The molecule has 0 aliphatic rings. The minimum Gasteiger partial charge on any atom is -0.496 e. The van der Waals surface area contributed by atoms with Gasteiger partial charge in [-0.15, -0.1) is 11.3 Å². The van der Waals surface area contributed by atoms with Gasteiger partial charge in [-0.05, 0) is 41.5 Å². The third-order valence-electron chi connectivity index (χ3n) is 4.10. The molecule has 0 saturated heterocycles. The van der Waals surface area contributed by atoms with Crippen LogP contribution in [0.1, 0.15) is 22.8 Å². The van der Waals surface area contributed by atoms with Crippen molar-refractivity contribution in [2.75, 3.05) is 14.2 Å². The minimum absolute atomic E-state index is 0.0517. The molecular formula is C18H20N2O2S. The van der Waals surface area contributed by atoms with E-state index in [-0.39, 0.29) is 11.8 Å². The molecule has 1 aromatic carbocycles. The van der Waals surface area contributed by atoms with E-state index < -0.39 is 0 Å². The van der Waals surface area contributed by atoms with E-state index in [0.717, 1.165) is 28.6 Å². The Morgan fingerprint density at radius 3 is 2.91 bits per heavy atom. The lowest BCUT2D eigenvalue weighted by Gasteiger charge is -2.16. The molecule has 3 rings (SSSR count). The maximum absolute atomic E-state index is 12.0. The van der Waals surface area contributed by atoms with E-state index in [2.05, 4.69) is 21.7 Å². The van der Waals surface area contributed by atoms with Crippen LogP contribution in [0.15, 0.2) is 41.9 Å². The summed E-state index contributed by atoms with van der Waals surface area (Å²) >= 11 is 1.73. The Hall–Kier alpha value is -2.27. The molecule has 2 N–H and O–H groups in total. The number of methoxy groups -OCH3 is 1. The van der Waals surface area contributed by atoms with Crippen LogP contribution in [-0.2, 0) is 11.2 Å². The van der Waals surface area contributed by atoms with Gasteiger partial charge in [-0.2, -0.15) is 0 Å². The first-order chi connectivity index (χ1) is 11.2. The Kier molecular flexibility index (Phi) is 4.67. The van der Waals surface area contributed by atoms with E-state index in [1.54, 1.807) is 25.5 Å². The molecule has 3 aromatic rings. The van der Waals surface area contributed by atoms with Crippen molar-refractivity contribution in [3.05, 3.63) is 52.3 Å². The zero-order valence-electron chi connectivity index (χ0n) is 13.3. The van der Waals surface area contributed by atoms with Crippen molar-refractivity contribution < 1.29 is 9.53 Å². The van der Waals surface area contributed by atoms with Gasteiger partial charge in [-0.3, -0.25) is 4.79 Å². The number of aromatic nitrogens is 1. The summed E-state index contributed by atoms with van der Waals surface area (Å²) < 4.78 is 5.53.